The number of alkyl halides is 3. The number of piperazine rings is 1. The maximum Gasteiger partial charge on any atom is 0.393 e. The number of hydrogen-bond acceptors (Lipinski definition) is 8. The van der Waals surface area contributed by atoms with Gasteiger partial charge >= 0.3 is 6.18 Å². The molecule has 4 atom stereocenters. The maximum atomic E-state index is 15.6. The monoisotopic (exact) mass is 586 g/mol. The summed E-state index contributed by atoms with van der Waals surface area (Å²) in [6.07, 6.45) is -3.63. The van der Waals surface area contributed by atoms with Gasteiger partial charge in [0.1, 0.15) is 5.82 Å². The van der Waals surface area contributed by atoms with Crippen LogP contribution in [0.25, 0.3) is 11.3 Å². The summed E-state index contributed by atoms with van der Waals surface area (Å²) in [5, 5.41) is 4.32. The molecule has 2 N–H and O–H groups in total. The lowest BCUT2D eigenvalue weighted by Crippen LogP contribution is -2.55. The quantitative estimate of drug-likeness (QED) is 0.405. The van der Waals surface area contributed by atoms with Gasteiger partial charge in [-0.1, -0.05) is 0 Å². The molecule has 3 heterocycles. The van der Waals surface area contributed by atoms with E-state index in [1.165, 1.54) is 12.1 Å². The molecule has 0 aliphatic carbocycles. The van der Waals surface area contributed by atoms with Crippen molar-refractivity contribution in [1.29, 1.82) is 0 Å². The van der Waals surface area contributed by atoms with Gasteiger partial charge < -0.3 is 15.5 Å². The van der Waals surface area contributed by atoms with Crippen LogP contribution in [0.4, 0.5) is 28.9 Å². The van der Waals surface area contributed by atoms with Crippen LogP contribution < -0.4 is 15.5 Å². The number of halogens is 4. The number of rotatable bonds is 5. The molecule has 40 heavy (non-hydrogen) atoms. The van der Waals surface area contributed by atoms with Gasteiger partial charge in [-0.2, -0.15) is 13.2 Å². The maximum absolute atomic E-state index is 15.6. The van der Waals surface area contributed by atoms with Gasteiger partial charge in [-0.15, -0.1) is 0 Å². The molecule has 0 bridgehead atoms. The number of piperidine rings is 1. The highest BCUT2D eigenvalue weighted by atomic mass is 32.2. The summed E-state index contributed by atoms with van der Waals surface area (Å²) in [7, 11) is -1.88. The average Bonchev–Trinajstić information content (AvgIpc) is 2.86. The molecule has 1 aromatic carbocycles. The summed E-state index contributed by atoms with van der Waals surface area (Å²) in [6.45, 7) is 4.32. The first-order valence-electron chi connectivity index (χ1n) is 12.5. The molecule has 218 valence electrons. The third-order valence-corrected chi connectivity index (χ3v) is 8.31. The van der Waals surface area contributed by atoms with Crippen LogP contribution >= 0.6 is 0 Å². The van der Waals surface area contributed by atoms with Crippen molar-refractivity contribution in [3.63, 3.8) is 0 Å². The fourth-order valence-electron chi connectivity index (χ4n) is 5.02. The molecule has 4 rings (SSSR count). The lowest BCUT2D eigenvalue weighted by Gasteiger charge is -2.44. The highest BCUT2D eigenvalue weighted by Crippen LogP contribution is 2.39. The van der Waals surface area contributed by atoms with E-state index in [1.807, 2.05) is 25.8 Å². The van der Waals surface area contributed by atoms with Crippen molar-refractivity contribution >= 4 is 33.0 Å². The van der Waals surface area contributed by atoms with Crippen molar-refractivity contribution in [1.82, 2.24) is 20.2 Å². The van der Waals surface area contributed by atoms with Gasteiger partial charge in [0.15, 0.2) is 0 Å². The van der Waals surface area contributed by atoms with E-state index >= 15 is 4.39 Å². The third kappa shape index (κ3) is 6.19. The first-order chi connectivity index (χ1) is 18.6. The second kappa shape index (κ2) is 10.9. The molecule has 0 saturated carbocycles. The van der Waals surface area contributed by atoms with Crippen molar-refractivity contribution in [2.75, 3.05) is 43.2 Å². The van der Waals surface area contributed by atoms with Crippen LogP contribution in [0.3, 0.4) is 0 Å². The van der Waals surface area contributed by atoms with E-state index < -0.39 is 63.6 Å². The smallest absolute Gasteiger partial charge is 0.367 e. The van der Waals surface area contributed by atoms with E-state index in [-0.39, 0.29) is 34.7 Å². The first-order valence-corrected chi connectivity index (χ1v) is 14.4. The van der Waals surface area contributed by atoms with Crippen LogP contribution in [0.5, 0.6) is 0 Å². The Morgan fingerprint density at radius 1 is 1.18 bits per heavy atom. The zero-order valence-electron chi connectivity index (χ0n) is 22.3. The van der Waals surface area contributed by atoms with E-state index in [4.69, 9.17) is 0 Å². The summed E-state index contributed by atoms with van der Waals surface area (Å²) in [6, 6.07) is 3.75. The molecule has 2 unspecified atom stereocenters. The van der Waals surface area contributed by atoms with Gasteiger partial charge in [0, 0.05) is 56.2 Å². The SMILES string of the molecule is C[C@@H]1CN(c2cc(F)c(-c3ccnc(S(C)(=O)=O)n3)cc2NC(=O)C2CNC(=O)CC2C(F)(F)F)C[C@H](C)N1C. The summed E-state index contributed by atoms with van der Waals surface area (Å²) >= 11 is 0. The predicted molar refractivity (Wildman–Crippen MR) is 139 cm³/mol. The van der Waals surface area contributed by atoms with E-state index in [0.717, 1.165) is 18.5 Å². The largest absolute Gasteiger partial charge is 0.393 e. The number of nitrogens with one attached hydrogen (secondary N) is 2. The Bertz CT molecular complexity index is 1410. The average molecular weight is 587 g/mol. The molecular weight excluding hydrogens is 556 g/mol. The van der Waals surface area contributed by atoms with Crippen LogP contribution in [-0.4, -0.2) is 86.3 Å². The molecule has 2 amide bonds. The minimum Gasteiger partial charge on any atom is -0.367 e. The van der Waals surface area contributed by atoms with Crippen LogP contribution in [0.1, 0.15) is 20.3 Å². The van der Waals surface area contributed by atoms with Crippen molar-refractivity contribution in [2.45, 2.75) is 43.7 Å². The number of nitrogens with zero attached hydrogens (tertiary/aromatic N) is 4. The highest BCUT2D eigenvalue weighted by Gasteiger charge is 2.50. The summed E-state index contributed by atoms with van der Waals surface area (Å²) < 4.78 is 80.7. The number of carbonyl (C=O) groups excluding carboxylic acids is 2. The number of anilines is 2. The standard InChI is InChI=1S/C25H30F4N6O4S/c1-13-11-35(12-14(2)34(13)3)21-9-18(26)15(19-5-6-30-24(33-19)40(4,38)39)7-20(21)32-23(37)16-10-31-22(36)8-17(16)25(27,28)29/h5-7,9,13-14,16-17H,8,10-12H2,1-4H3,(H,31,36)(H,32,37)/t13-,14+,16?,17?. The second-order valence-corrected chi connectivity index (χ2v) is 12.3. The molecule has 1 aromatic heterocycles. The third-order valence-electron chi connectivity index (χ3n) is 7.45. The van der Waals surface area contributed by atoms with Crippen LogP contribution in [0.15, 0.2) is 29.6 Å². The molecule has 15 heteroatoms. The first kappa shape index (κ1) is 29.6. The molecule has 2 saturated heterocycles. The van der Waals surface area contributed by atoms with Crippen molar-refractivity contribution in [2.24, 2.45) is 11.8 Å². The van der Waals surface area contributed by atoms with Gasteiger partial charge in [-0.05, 0) is 39.1 Å². The van der Waals surface area contributed by atoms with E-state index in [2.05, 4.69) is 25.5 Å². The number of hydrogen-bond donors (Lipinski definition) is 2. The fraction of sp³-hybridized carbons (Fsp3) is 0.520. The second-order valence-electron chi connectivity index (χ2n) is 10.4. The van der Waals surface area contributed by atoms with Crippen LogP contribution in [0, 0.1) is 17.7 Å². The summed E-state index contributed by atoms with van der Waals surface area (Å²) in [5.74, 6) is -6.37. The number of benzene rings is 1. The van der Waals surface area contributed by atoms with Crippen molar-refractivity contribution in [3.8, 4) is 11.3 Å². The number of amides is 2. The lowest BCUT2D eigenvalue weighted by molar-refractivity contribution is -0.197. The number of sulfone groups is 1. The summed E-state index contributed by atoms with van der Waals surface area (Å²) in [5.41, 5.74) is 0.0176. The molecule has 0 spiro atoms. The molecular formula is C25H30F4N6O4S. The van der Waals surface area contributed by atoms with Gasteiger partial charge in [0.25, 0.3) is 0 Å². The van der Waals surface area contributed by atoms with Gasteiger partial charge in [-0.25, -0.2) is 22.8 Å². The minimum absolute atomic E-state index is 0.0303. The highest BCUT2D eigenvalue weighted by molar-refractivity contribution is 7.90. The number of likely N-dealkylation sites (N-methyl/N-ethyl adjacent to an activating group) is 1. The van der Waals surface area contributed by atoms with E-state index in [0.29, 0.717) is 13.1 Å². The molecule has 0 radical (unpaired) electrons. The Hall–Kier alpha value is -3.33. The Kier molecular flexibility index (Phi) is 8.09. The Morgan fingerprint density at radius 3 is 2.42 bits per heavy atom. The van der Waals surface area contributed by atoms with E-state index in [1.54, 1.807) is 0 Å². The molecule has 10 nitrogen and oxygen atoms in total. The predicted octanol–water partition coefficient (Wildman–Crippen LogP) is 2.47. The van der Waals surface area contributed by atoms with Crippen LogP contribution in [-0.2, 0) is 19.4 Å². The van der Waals surface area contributed by atoms with E-state index in [9.17, 15) is 31.2 Å². The van der Waals surface area contributed by atoms with Crippen LogP contribution in [0.2, 0.25) is 0 Å². The van der Waals surface area contributed by atoms with Gasteiger partial charge in [-0.3, -0.25) is 14.5 Å². The van der Waals surface area contributed by atoms with Gasteiger partial charge in [0.2, 0.25) is 26.8 Å². The van der Waals surface area contributed by atoms with Gasteiger partial charge in [0.05, 0.1) is 28.9 Å². The fourth-order valence-corrected chi connectivity index (χ4v) is 5.53. The zero-order valence-corrected chi connectivity index (χ0v) is 23.1. The zero-order chi connectivity index (χ0) is 29.6. The Labute approximate surface area is 229 Å². The minimum atomic E-state index is -4.79. The Balaban J connectivity index is 1.79. The molecule has 2 aliphatic heterocycles. The molecule has 2 aliphatic rings. The normalized spacial score (nSPS) is 24.5. The van der Waals surface area contributed by atoms with Crippen molar-refractivity contribution in [3.05, 3.63) is 30.2 Å². The summed E-state index contributed by atoms with van der Waals surface area (Å²) in [4.78, 5) is 36.6. The molecule has 2 fully saturated rings. The van der Waals surface area contributed by atoms with Crippen molar-refractivity contribution < 1.29 is 35.6 Å². The number of aromatic nitrogens is 2. The number of carbonyl (C=O) groups is 2. The molecule has 2 aromatic rings. The Morgan fingerprint density at radius 2 is 1.82 bits per heavy atom. The lowest BCUT2D eigenvalue weighted by atomic mass is 9.84. The topological polar surface area (TPSA) is 125 Å².